The van der Waals surface area contributed by atoms with Crippen molar-refractivity contribution < 1.29 is 4.79 Å². The highest BCUT2D eigenvalue weighted by Gasteiger charge is 2.03. The third-order valence-corrected chi connectivity index (χ3v) is 4.12. The first-order valence-corrected chi connectivity index (χ1v) is 7.75. The Morgan fingerprint density at radius 1 is 1.20 bits per heavy atom. The van der Waals surface area contributed by atoms with E-state index in [1.54, 1.807) is 11.3 Å². The average Bonchev–Trinajstić information content (AvgIpc) is 2.84. The zero-order valence-electron chi connectivity index (χ0n) is 12.0. The summed E-state index contributed by atoms with van der Waals surface area (Å²) in [5, 5.41) is 6.07. The number of nitrogens with zero attached hydrogens (tertiary/aromatic N) is 1. The molecule has 3 nitrogen and oxygen atoms in total. The first kappa shape index (κ1) is 14.7. The van der Waals surface area contributed by atoms with Crippen LogP contribution in [0, 0.1) is 13.8 Å². The van der Waals surface area contributed by atoms with Crippen LogP contribution in [0.1, 0.15) is 28.2 Å². The van der Waals surface area contributed by atoms with Gasteiger partial charge >= 0.3 is 0 Å². The summed E-state index contributed by atoms with van der Waals surface area (Å²) < 4.78 is 0. The van der Waals surface area contributed by atoms with E-state index >= 15 is 0 Å². The van der Waals surface area contributed by atoms with Crippen LogP contribution in [0.5, 0.6) is 0 Å². The molecule has 1 aromatic carbocycles. The van der Waals surface area contributed by atoms with E-state index < -0.39 is 0 Å². The van der Waals surface area contributed by atoms with Crippen molar-refractivity contribution in [1.82, 2.24) is 10.3 Å². The fourth-order valence-corrected chi connectivity index (χ4v) is 2.70. The lowest BCUT2D eigenvalue weighted by atomic mass is 10.1. The smallest absolute Gasteiger partial charge is 0.220 e. The number of amides is 1. The summed E-state index contributed by atoms with van der Waals surface area (Å²) in [6, 6.07) is 8.33. The fourth-order valence-electron chi connectivity index (χ4n) is 1.93. The van der Waals surface area contributed by atoms with Crippen LogP contribution >= 0.6 is 11.3 Å². The normalized spacial score (nSPS) is 10.5. The lowest BCUT2D eigenvalue weighted by Gasteiger charge is -2.04. The standard InChI is InChI=1S/C16H20N2OS/c1-12-3-5-14(6-4-12)7-8-15(19)17-10-9-16-18-13(2)11-20-16/h3-6,11H,7-10H2,1-2H3,(H,17,19). The van der Waals surface area contributed by atoms with E-state index in [4.69, 9.17) is 0 Å². The maximum absolute atomic E-state index is 11.8. The summed E-state index contributed by atoms with van der Waals surface area (Å²) in [4.78, 5) is 16.1. The van der Waals surface area contributed by atoms with Crippen LogP contribution in [-0.2, 0) is 17.6 Å². The SMILES string of the molecule is Cc1ccc(CCC(=O)NCCc2nc(C)cs2)cc1. The van der Waals surface area contributed by atoms with E-state index in [2.05, 4.69) is 41.5 Å². The second-order valence-corrected chi connectivity index (χ2v) is 5.91. The van der Waals surface area contributed by atoms with Gasteiger partial charge in [-0.15, -0.1) is 11.3 Å². The zero-order valence-corrected chi connectivity index (χ0v) is 12.8. The van der Waals surface area contributed by atoms with Crippen molar-refractivity contribution in [2.24, 2.45) is 0 Å². The van der Waals surface area contributed by atoms with Crippen LogP contribution in [0.25, 0.3) is 0 Å². The van der Waals surface area contributed by atoms with Crippen LogP contribution in [0.3, 0.4) is 0 Å². The molecule has 0 saturated carbocycles. The number of hydrogen-bond acceptors (Lipinski definition) is 3. The molecule has 4 heteroatoms. The Labute approximate surface area is 124 Å². The van der Waals surface area contributed by atoms with Gasteiger partial charge in [0.05, 0.1) is 5.01 Å². The Morgan fingerprint density at radius 3 is 2.60 bits per heavy atom. The molecule has 20 heavy (non-hydrogen) atoms. The van der Waals surface area contributed by atoms with Gasteiger partial charge < -0.3 is 5.32 Å². The number of benzene rings is 1. The monoisotopic (exact) mass is 288 g/mol. The molecule has 0 aliphatic heterocycles. The van der Waals surface area contributed by atoms with Gasteiger partial charge in [0, 0.05) is 30.5 Å². The molecular weight excluding hydrogens is 268 g/mol. The molecule has 2 aromatic rings. The Bertz CT molecular complexity index is 560. The van der Waals surface area contributed by atoms with Crippen LogP contribution < -0.4 is 5.32 Å². The molecule has 1 heterocycles. The van der Waals surface area contributed by atoms with Crippen molar-refractivity contribution in [3.63, 3.8) is 0 Å². The van der Waals surface area contributed by atoms with Gasteiger partial charge in [0.2, 0.25) is 5.91 Å². The van der Waals surface area contributed by atoms with Crippen LogP contribution in [0.15, 0.2) is 29.6 Å². The zero-order chi connectivity index (χ0) is 14.4. The first-order chi connectivity index (χ1) is 9.63. The van der Waals surface area contributed by atoms with Gasteiger partial charge in [0.25, 0.3) is 0 Å². The predicted octanol–water partition coefficient (Wildman–Crippen LogP) is 3.05. The third-order valence-electron chi connectivity index (χ3n) is 3.09. The van der Waals surface area contributed by atoms with Crippen LogP contribution in [0.4, 0.5) is 0 Å². The molecule has 1 aromatic heterocycles. The molecule has 0 saturated heterocycles. The van der Waals surface area contributed by atoms with E-state index in [-0.39, 0.29) is 5.91 Å². The van der Waals surface area contributed by atoms with E-state index in [0.717, 1.165) is 23.5 Å². The Balaban J connectivity index is 1.66. The van der Waals surface area contributed by atoms with Gasteiger partial charge in [-0.25, -0.2) is 4.98 Å². The summed E-state index contributed by atoms with van der Waals surface area (Å²) in [6.07, 6.45) is 2.15. The molecule has 0 spiro atoms. The highest BCUT2D eigenvalue weighted by atomic mass is 32.1. The summed E-state index contributed by atoms with van der Waals surface area (Å²) >= 11 is 1.65. The minimum Gasteiger partial charge on any atom is -0.356 e. The molecular formula is C16H20N2OS. The minimum atomic E-state index is 0.110. The second kappa shape index (κ2) is 7.20. The Kier molecular flexibility index (Phi) is 5.30. The summed E-state index contributed by atoms with van der Waals surface area (Å²) in [7, 11) is 0. The topological polar surface area (TPSA) is 42.0 Å². The van der Waals surface area contributed by atoms with Crippen molar-refractivity contribution in [2.45, 2.75) is 33.1 Å². The number of aromatic nitrogens is 1. The second-order valence-electron chi connectivity index (χ2n) is 4.97. The Morgan fingerprint density at radius 2 is 1.95 bits per heavy atom. The lowest BCUT2D eigenvalue weighted by molar-refractivity contribution is -0.121. The third kappa shape index (κ3) is 4.78. The van der Waals surface area contributed by atoms with Crippen molar-refractivity contribution in [1.29, 1.82) is 0 Å². The van der Waals surface area contributed by atoms with Gasteiger partial charge in [0.1, 0.15) is 0 Å². The number of thiazole rings is 1. The van der Waals surface area contributed by atoms with Gasteiger partial charge in [-0.3, -0.25) is 4.79 Å². The van der Waals surface area contributed by atoms with Crippen molar-refractivity contribution in [3.8, 4) is 0 Å². The molecule has 1 N–H and O–H groups in total. The molecule has 0 fully saturated rings. The molecule has 0 atom stereocenters. The maximum Gasteiger partial charge on any atom is 0.220 e. The quantitative estimate of drug-likeness (QED) is 0.887. The minimum absolute atomic E-state index is 0.110. The van der Waals surface area contributed by atoms with Crippen molar-refractivity contribution in [2.75, 3.05) is 6.54 Å². The molecule has 1 amide bonds. The van der Waals surface area contributed by atoms with E-state index in [9.17, 15) is 4.79 Å². The average molecular weight is 288 g/mol. The number of carbonyl (C=O) groups excluding carboxylic acids is 1. The van der Waals surface area contributed by atoms with Gasteiger partial charge in [0.15, 0.2) is 0 Å². The molecule has 0 aliphatic carbocycles. The molecule has 0 aliphatic rings. The Hall–Kier alpha value is -1.68. The fraction of sp³-hybridized carbons (Fsp3) is 0.375. The summed E-state index contributed by atoms with van der Waals surface area (Å²) in [6.45, 7) is 4.72. The van der Waals surface area contributed by atoms with Crippen molar-refractivity contribution in [3.05, 3.63) is 51.5 Å². The molecule has 2 rings (SSSR count). The summed E-state index contributed by atoms with van der Waals surface area (Å²) in [5.74, 6) is 0.110. The van der Waals surface area contributed by atoms with Gasteiger partial charge in [-0.2, -0.15) is 0 Å². The van der Waals surface area contributed by atoms with Crippen molar-refractivity contribution >= 4 is 17.2 Å². The number of aryl methyl sites for hydroxylation is 3. The highest BCUT2D eigenvalue weighted by Crippen LogP contribution is 2.09. The largest absolute Gasteiger partial charge is 0.356 e. The predicted molar refractivity (Wildman–Crippen MR) is 83.1 cm³/mol. The number of carbonyl (C=O) groups is 1. The highest BCUT2D eigenvalue weighted by molar-refractivity contribution is 7.09. The number of nitrogens with one attached hydrogen (secondary N) is 1. The first-order valence-electron chi connectivity index (χ1n) is 6.87. The van der Waals surface area contributed by atoms with E-state index in [1.807, 2.05) is 12.3 Å². The van der Waals surface area contributed by atoms with Crippen LogP contribution in [-0.4, -0.2) is 17.4 Å². The molecule has 0 unspecified atom stereocenters. The number of rotatable bonds is 6. The van der Waals surface area contributed by atoms with E-state index in [0.29, 0.717) is 13.0 Å². The van der Waals surface area contributed by atoms with Gasteiger partial charge in [-0.05, 0) is 25.8 Å². The van der Waals surface area contributed by atoms with Gasteiger partial charge in [-0.1, -0.05) is 29.8 Å². The summed E-state index contributed by atoms with van der Waals surface area (Å²) in [5.41, 5.74) is 3.51. The molecule has 0 radical (unpaired) electrons. The molecule has 0 bridgehead atoms. The lowest BCUT2D eigenvalue weighted by Crippen LogP contribution is -2.25. The van der Waals surface area contributed by atoms with E-state index in [1.165, 1.54) is 11.1 Å². The maximum atomic E-state index is 11.8. The van der Waals surface area contributed by atoms with Crippen LogP contribution in [0.2, 0.25) is 0 Å². The molecule has 106 valence electrons. The number of hydrogen-bond donors (Lipinski definition) is 1.